The highest BCUT2D eigenvalue weighted by atomic mass is 16.2. The monoisotopic (exact) mass is 400 g/mol. The Hall–Kier alpha value is -3.14. The van der Waals surface area contributed by atoms with Crippen LogP contribution in [0.3, 0.4) is 0 Å². The predicted octanol–water partition coefficient (Wildman–Crippen LogP) is 5.44. The number of fused-ring (bicyclic) bond motifs is 1. The lowest BCUT2D eigenvalue weighted by molar-refractivity contribution is -0.147. The Labute approximate surface area is 178 Å². The van der Waals surface area contributed by atoms with E-state index in [1.54, 1.807) is 4.90 Å². The third-order valence-electron chi connectivity index (χ3n) is 6.04. The standard InChI is InChI=1S/C26H28N2O2/c1-16(2)20-11-10-17(3)24-21(15-20)18(4)14-22(24)27-26(30)25(28-13-12-23(28)29)19-8-6-5-7-9-19/h5-11,14-16,25H,12-13H2,1-4H3,(H,27,30). The van der Waals surface area contributed by atoms with Crippen molar-refractivity contribution in [3.63, 3.8) is 0 Å². The lowest BCUT2D eigenvalue weighted by Crippen LogP contribution is -2.49. The van der Waals surface area contributed by atoms with Crippen LogP contribution in [-0.4, -0.2) is 23.3 Å². The second-order valence-corrected chi connectivity index (χ2v) is 8.48. The van der Waals surface area contributed by atoms with Crippen LogP contribution in [-0.2, 0) is 9.59 Å². The van der Waals surface area contributed by atoms with Gasteiger partial charge in [-0.15, -0.1) is 0 Å². The van der Waals surface area contributed by atoms with Gasteiger partial charge >= 0.3 is 0 Å². The number of likely N-dealkylation sites (tertiary alicyclic amines) is 1. The molecule has 154 valence electrons. The minimum Gasteiger partial charge on any atom is -0.326 e. The molecular weight excluding hydrogens is 372 g/mol. The van der Waals surface area contributed by atoms with E-state index in [2.05, 4.69) is 51.2 Å². The number of hydrogen-bond acceptors (Lipinski definition) is 2. The molecule has 1 aromatic carbocycles. The van der Waals surface area contributed by atoms with Gasteiger partial charge in [-0.25, -0.2) is 0 Å². The summed E-state index contributed by atoms with van der Waals surface area (Å²) in [5.74, 6) is 0.273. The van der Waals surface area contributed by atoms with E-state index in [0.717, 1.165) is 33.5 Å². The molecule has 0 spiro atoms. The lowest BCUT2D eigenvalue weighted by Gasteiger charge is -2.37. The molecule has 0 radical (unpaired) electrons. The van der Waals surface area contributed by atoms with Crippen LogP contribution in [0.5, 0.6) is 0 Å². The minimum atomic E-state index is -0.610. The van der Waals surface area contributed by atoms with Crippen LogP contribution >= 0.6 is 0 Å². The van der Waals surface area contributed by atoms with E-state index in [4.69, 9.17) is 0 Å². The Bertz CT molecular complexity index is 1070. The van der Waals surface area contributed by atoms with Crippen molar-refractivity contribution in [2.75, 3.05) is 11.9 Å². The van der Waals surface area contributed by atoms with Crippen molar-refractivity contribution in [2.24, 2.45) is 0 Å². The molecule has 30 heavy (non-hydrogen) atoms. The number of amides is 2. The molecule has 3 aliphatic rings. The number of benzene rings is 1. The smallest absolute Gasteiger partial charge is 0.251 e. The van der Waals surface area contributed by atoms with Crippen molar-refractivity contribution in [3.05, 3.63) is 76.9 Å². The zero-order valence-electron chi connectivity index (χ0n) is 18.0. The van der Waals surface area contributed by atoms with Gasteiger partial charge in [-0.1, -0.05) is 62.4 Å². The first-order chi connectivity index (χ1) is 14.4. The first-order valence-corrected chi connectivity index (χ1v) is 10.6. The summed E-state index contributed by atoms with van der Waals surface area (Å²) in [6, 6.07) is 17.5. The molecule has 1 saturated heterocycles. The number of hydrogen-bond donors (Lipinski definition) is 1. The molecule has 2 aliphatic carbocycles. The molecule has 0 aromatic heterocycles. The van der Waals surface area contributed by atoms with Gasteiger partial charge < -0.3 is 10.2 Å². The van der Waals surface area contributed by atoms with Gasteiger partial charge in [0, 0.05) is 24.2 Å². The van der Waals surface area contributed by atoms with Crippen molar-refractivity contribution in [1.82, 2.24) is 4.90 Å². The molecule has 1 atom stereocenters. The van der Waals surface area contributed by atoms with Gasteiger partial charge in [0.15, 0.2) is 0 Å². The Morgan fingerprint density at radius 2 is 1.70 bits per heavy atom. The molecule has 1 N–H and O–H groups in total. The number of carbonyl (C=O) groups excluding carboxylic acids is 2. The number of aryl methyl sites for hydroxylation is 2. The zero-order valence-corrected chi connectivity index (χ0v) is 18.0. The highest BCUT2D eigenvalue weighted by molar-refractivity contribution is 6.03. The van der Waals surface area contributed by atoms with E-state index in [0.29, 0.717) is 18.9 Å². The molecule has 1 aliphatic heterocycles. The Balaban J connectivity index is 1.71. The van der Waals surface area contributed by atoms with Gasteiger partial charge in [0.2, 0.25) is 5.91 Å². The summed E-state index contributed by atoms with van der Waals surface area (Å²) in [7, 11) is 0. The van der Waals surface area contributed by atoms with Crippen LogP contribution in [0.25, 0.3) is 11.1 Å². The van der Waals surface area contributed by atoms with Crippen molar-refractivity contribution in [3.8, 4) is 11.1 Å². The fourth-order valence-corrected chi connectivity index (χ4v) is 4.21. The van der Waals surface area contributed by atoms with Crippen molar-refractivity contribution in [1.29, 1.82) is 0 Å². The average Bonchev–Trinajstić information content (AvgIpc) is 2.90. The molecule has 4 rings (SSSR count). The molecule has 1 fully saturated rings. The lowest BCUT2D eigenvalue weighted by atomic mass is 9.99. The van der Waals surface area contributed by atoms with E-state index >= 15 is 0 Å². The van der Waals surface area contributed by atoms with Crippen LogP contribution in [0.15, 0.2) is 54.6 Å². The van der Waals surface area contributed by atoms with Crippen LogP contribution in [0.2, 0.25) is 0 Å². The number of rotatable bonds is 5. The van der Waals surface area contributed by atoms with Crippen molar-refractivity contribution in [2.45, 2.75) is 46.1 Å². The molecule has 2 amide bonds. The number of anilines is 1. The minimum absolute atomic E-state index is 0.0201. The normalized spacial score (nSPS) is 14.7. The second-order valence-electron chi connectivity index (χ2n) is 8.48. The van der Waals surface area contributed by atoms with Gasteiger partial charge in [-0.05, 0) is 53.6 Å². The third kappa shape index (κ3) is 3.58. The summed E-state index contributed by atoms with van der Waals surface area (Å²) >= 11 is 0. The molecular formula is C26H28N2O2. The zero-order chi connectivity index (χ0) is 21.4. The van der Waals surface area contributed by atoms with Gasteiger partial charge in [0.1, 0.15) is 6.04 Å². The second kappa shape index (κ2) is 7.94. The van der Waals surface area contributed by atoms with E-state index in [1.165, 1.54) is 5.56 Å². The largest absolute Gasteiger partial charge is 0.326 e. The SMILES string of the molecule is Cc1cc(NC(=O)C(c2ccccc2)N2CCC2=O)c2c(C)ccc(C(C)C)cc1-2. The maximum Gasteiger partial charge on any atom is 0.251 e. The third-order valence-corrected chi connectivity index (χ3v) is 6.04. The van der Waals surface area contributed by atoms with Gasteiger partial charge in [0.05, 0.1) is 0 Å². The van der Waals surface area contributed by atoms with E-state index < -0.39 is 6.04 Å². The Morgan fingerprint density at radius 3 is 2.30 bits per heavy atom. The summed E-state index contributed by atoms with van der Waals surface area (Å²) in [5, 5.41) is 3.14. The molecule has 4 nitrogen and oxygen atoms in total. The number of carbonyl (C=O) groups is 2. The van der Waals surface area contributed by atoms with E-state index in [9.17, 15) is 9.59 Å². The maximum atomic E-state index is 13.4. The highest BCUT2D eigenvalue weighted by Gasteiger charge is 2.37. The van der Waals surface area contributed by atoms with E-state index in [-0.39, 0.29) is 11.8 Å². The summed E-state index contributed by atoms with van der Waals surface area (Å²) in [6.45, 7) is 9.14. The van der Waals surface area contributed by atoms with Gasteiger partial charge in [-0.2, -0.15) is 0 Å². The highest BCUT2D eigenvalue weighted by Crippen LogP contribution is 2.40. The number of nitrogens with one attached hydrogen (secondary N) is 1. The maximum absolute atomic E-state index is 13.4. The molecule has 0 saturated carbocycles. The summed E-state index contributed by atoms with van der Waals surface area (Å²) in [4.78, 5) is 27.2. The summed E-state index contributed by atoms with van der Waals surface area (Å²) in [6.07, 6.45) is 0.502. The molecule has 1 heterocycles. The predicted molar refractivity (Wildman–Crippen MR) is 121 cm³/mol. The van der Waals surface area contributed by atoms with E-state index in [1.807, 2.05) is 36.4 Å². The van der Waals surface area contributed by atoms with Crippen molar-refractivity contribution < 1.29 is 9.59 Å². The molecule has 1 aromatic rings. The number of nitrogens with zero attached hydrogens (tertiary/aromatic N) is 1. The Morgan fingerprint density at radius 1 is 0.967 bits per heavy atom. The van der Waals surface area contributed by atoms with Crippen LogP contribution in [0.4, 0.5) is 5.69 Å². The molecule has 4 heteroatoms. The fraction of sp³-hybridized carbons (Fsp3) is 0.308. The summed E-state index contributed by atoms with van der Waals surface area (Å²) in [5.41, 5.74) is 7.40. The van der Waals surface area contributed by atoms with Gasteiger partial charge in [-0.3, -0.25) is 9.59 Å². The molecule has 1 unspecified atom stereocenters. The summed E-state index contributed by atoms with van der Waals surface area (Å²) < 4.78 is 0. The first kappa shape index (κ1) is 20.1. The fourth-order valence-electron chi connectivity index (χ4n) is 4.21. The number of β-lactam (4-membered cyclic amide) rings is 1. The van der Waals surface area contributed by atoms with Crippen LogP contribution in [0.1, 0.15) is 54.5 Å². The molecule has 0 bridgehead atoms. The van der Waals surface area contributed by atoms with Gasteiger partial charge in [0.25, 0.3) is 5.91 Å². The first-order valence-electron chi connectivity index (χ1n) is 10.6. The Kier molecular flexibility index (Phi) is 5.33. The topological polar surface area (TPSA) is 49.4 Å². The van der Waals surface area contributed by atoms with Crippen LogP contribution < -0.4 is 5.32 Å². The van der Waals surface area contributed by atoms with Crippen LogP contribution in [0, 0.1) is 13.8 Å². The average molecular weight is 401 g/mol. The quantitative estimate of drug-likeness (QED) is 0.580. The van der Waals surface area contributed by atoms with Crippen molar-refractivity contribution >= 4 is 17.5 Å².